The van der Waals surface area contributed by atoms with E-state index < -0.39 is 23.3 Å². The van der Waals surface area contributed by atoms with Crippen molar-refractivity contribution in [3.05, 3.63) is 18.0 Å². The van der Waals surface area contributed by atoms with Gasteiger partial charge in [0.1, 0.15) is 23.9 Å². The van der Waals surface area contributed by atoms with Crippen LogP contribution in [0.4, 0.5) is 5.13 Å². The Labute approximate surface area is 178 Å². The van der Waals surface area contributed by atoms with E-state index in [1.165, 1.54) is 29.8 Å². The number of carboxylic acid groups (broad SMARTS) is 1. The smallest absolute Gasteiger partial charge is 0.316 e. The average Bonchev–Trinajstić information content (AvgIpc) is 3.13. The van der Waals surface area contributed by atoms with Crippen molar-refractivity contribution in [2.75, 3.05) is 31.0 Å². The molecule has 14 heteroatoms. The number of hydrogen-bond donors (Lipinski definition) is 3. The summed E-state index contributed by atoms with van der Waals surface area (Å²) in [6.07, 6.45) is 3.08. The molecule has 11 nitrogen and oxygen atoms in total. The lowest BCUT2D eigenvalue weighted by Gasteiger charge is -2.53. The van der Waals surface area contributed by atoms with Crippen LogP contribution in [0.3, 0.4) is 0 Å². The Bertz CT molecular complexity index is 892. The summed E-state index contributed by atoms with van der Waals surface area (Å²) in [7, 11) is 1.26. The number of β-lactam (4-membered cyclic amide) rings is 1. The van der Waals surface area contributed by atoms with Gasteiger partial charge in [-0.1, -0.05) is 17.3 Å². The minimum Gasteiger partial charge on any atom is -0.481 e. The number of carbonyl (C=O) groups is 3. The molecule has 4 N–H and O–H groups in total. The van der Waals surface area contributed by atoms with Gasteiger partial charge in [-0.15, -0.1) is 23.4 Å². The molecule has 2 unspecified atom stereocenters. The van der Waals surface area contributed by atoms with Crippen LogP contribution in [-0.2, 0) is 19.2 Å². The molecule has 3 heterocycles. The maximum atomic E-state index is 12.6. The van der Waals surface area contributed by atoms with Gasteiger partial charge in [0.25, 0.3) is 5.91 Å². The number of anilines is 1. The standard InChI is InChI=1S/C15H17ClN6O5S2/c1-27-20-7(9-19-14(17)29-21-9)10(23)18-8-11(24)22-5-15(13(25)26,3-2-4-16)6-28-12(8)22/h2-3,8,12H,4-6H2,1H3,(H,18,23)(H,25,26)(H2,17,19,21)/t8?,12-,15?/m1/s1. The molecule has 0 bridgehead atoms. The van der Waals surface area contributed by atoms with Gasteiger partial charge in [0.05, 0.1) is 0 Å². The van der Waals surface area contributed by atoms with E-state index in [4.69, 9.17) is 17.3 Å². The molecule has 0 aromatic carbocycles. The third-order valence-electron chi connectivity index (χ3n) is 4.40. The zero-order valence-electron chi connectivity index (χ0n) is 15.1. The van der Waals surface area contributed by atoms with Crippen molar-refractivity contribution < 1.29 is 24.3 Å². The maximum absolute atomic E-state index is 12.6. The topological polar surface area (TPSA) is 160 Å². The van der Waals surface area contributed by atoms with Crippen molar-refractivity contribution in [2.45, 2.75) is 11.4 Å². The first-order valence-electron chi connectivity index (χ1n) is 8.23. The van der Waals surface area contributed by atoms with Gasteiger partial charge in [-0.25, -0.2) is 0 Å². The fraction of sp³-hybridized carbons (Fsp3) is 0.467. The lowest BCUT2D eigenvalue weighted by Crippen LogP contribution is -2.73. The number of nitrogens with two attached hydrogens (primary N) is 1. The van der Waals surface area contributed by atoms with Crippen LogP contribution in [0.5, 0.6) is 0 Å². The van der Waals surface area contributed by atoms with Gasteiger partial charge in [-0.2, -0.15) is 9.36 Å². The molecule has 156 valence electrons. The van der Waals surface area contributed by atoms with Crippen molar-refractivity contribution in [1.29, 1.82) is 0 Å². The van der Waals surface area contributed by atoms with E-state index >= 15 is 0 Å². The summed E-state index contributed by atoms with van der Waals surface area (Å²) in [5.41, 5.74) is 4.11. The molecule has 2 amide bonds. The predicted molar refractivity (Wildman–Crippen MR) is 108 cm³/mol. The predicted octanol–water partition coefficient (Wildman–Crippen LogP) is -0.263. The van der Waals surface area contributed by atoms with Gasteiger partial charge >= 0.3 is 5.97 Å². The average molecular weight is 461 g/mol. The van der Waals surface area contributed by atoms with Gasteiger partial charge in [-0.3, -0.25) is 14.4 Å². The number of halogens is 1. The van der Waals surface area contributed by atoms with Crippen molar-refractivity contribution >= 4 is 63.5 Å². The van der Waals surface area contributed by atoms with Gasteiger partial charge in [0.15, 0.2) is 5.13 Å². The number of rotatable bonds is 7. The van der Waals surface area contributed by atoms with Gasteiger partial charge in [-0.05, 0) is 0 Å². The summed E-state index contributed by atoms with van der Waals surface area (Å²) in [5.74, 6) is -1.72. The number of hydrogen-bond acceptors (Lipinski definition) is 10. The van der Waals surface area contributed by atoms with Gasteiger partial charge < -0.3 is 25.9 Å². The second-order valence-corrected chi connectivity index (χ2v) is 8.41. The van der Waals surface area contributed by atoms with Crippen LogP contribution in [-0.4, -0.2) is 79.6 Å². The Kier molecular flexibility index (Phi) is 6.29. The molecule has 0 radical (unpaired) electrons. The van der Waals surface area contributed by atoms with Crippen LogP contribution in [0.25, 0.3) is 0 Å². The number of thioether (sulfide) groups is 1. The second kappa shape index (κ2) is 8.55. The number of allylic oxidation sites excluding steroid dienone is 1. The van der Waals surface area contributed by atoms with Gasteiger partial charge in [0, 0.05) is 29.7 Å². The van der Waals surface area contributed by atoms with E-state index in [9.17, 15) is 19.5 Å². The van der Waals surface area contributed by atoms with Crippen LogP contribution < -0.4 is 11.1 Å². The van der Waals surface area contributed by atoms with E-state index in [0.29, 0.717) is 0 Å². The molecule has 2 aliphatic rings. The molecular formula is C15H17ClN6O5S2. The lowest BCUT2D eigenvalue weighted by molar-refractivity contribution is -0.156. The fourth-order valence-corrected chi connectivity index (χ4v) is 5.02. The normalized spacial score (nSPS) is 26.8. The Morgan fingerprint density at radius 2 is 2.34 bits per heavy atom. The number of nitrogens with one attached hydrogen (secondary N) is 1. The molecule has 29 heavy (non-hydrogen) atoms. The zero-order chi connectivity index (χ0) is 21.2. The summed E-state index contributed by atoms with van der Waals surface area (Å²) in [6.45, 7) is 0.00177. The number of nitrogens with zero attached hydrogens (tertiary/aromatic N) is 4. The van der Waals surface area contributed by atoms with E-state index in [1.54, 1.807) is 6.08 Å². The third kappa shape index (κ3) is 4.02. The highest BCUT2D eigenvalue weighted by atomic mass is 35.5. The summed E-state index contributed by atoms with van der Waals surface area (Å²) in [5, 5.41) is 15.6. The van der Waals surface area contributed by atoms with E-state index in [1.807, 2.05) is 0 Å². The Morgan fingerprint density at radius 1 is 1.59 bits per heavy atom. The SMILES string of the molecule is CON=C(C(=O)NC1C(=O)N2CC(C=CCCl)(C(=O)O)CS[C@H]12)c1nsc(N)n1. The monoisotopic (exact) mass is 460 g/mol. The van der Waals surface area contributed by atoms with Crippen molar-refractivity contribution in [1.82, 2.24) is 19.6 Å². The molecule has 0 aliphatic carbocycles. The van der Waals surface area contributed by atoms with Crippen molar-refractivity contribution in [3.63, 3.8) is 0 Å². The third-order valence-corrected chi connectivity index (χ3v) is 6.67. The number of nitrogen functional groups attached to an aromatic ring is 1. The number of carbonyl (C=O) groups excluding carboxylic acids is 2. The van der Waals surface area contributed by atoms with Crippen LogP contribution in [0.15, 0.2) is 17.3 Å². The fourth-order valence-electron chi connectivity index (χ4n) is 2.98. The second-order valence-electron chi connectivity index (χ2n) is 6.22. The van der Waals surface area contributed by atoms with E-state index in [2.05, 4.69) is 24.7 Å². The molecule has 0 spiro atoms. The summed E-state index contributed by atoms with van der Waals surface area (Å²) >= 11 is 7.79. The Balaban J connectivity index is 1.71. The first-order valence-corrected chi connectivity index (χ1v) is 10.6. The molecular weight excluding hydrogens is 444 g/mol. The summed E-state index contributed by atoms with van der Waals surface area (Å²) < 4.78 is 3.92. The number of fused-ring (bicyclic) bond motifs is 1. The summed E-state index contributed by atoms with van der Waals surface area (Å²) in [6, 6.07) is -0.825. The number of alkyl halides is 1. The Morgan fingerprint density at radius 3 is 2.93 bits per heavy atom. The molecule has 3 rings (SSSR count). The lowest BCUT2D eigenvalue weighted by atomic mass is 9.86. The highest BCUT2D eigenvalue weighted by molar-refractivity contribution is 8.00. The molecule has 3 atom stereocenters. The number of aliphatic carboxylic acids is 1. The van der Waals surface area contributed by atoms with Crippen LogP contribution in [0.1, 0.15) is 5.82 Å². The van der Waals surface area contributed by atoms with Crippen molar-refractivity contribution in [2.24, 2.45) is 10.6 Å². The minimum absolute atomic E-state index is 0.00177. The number of carboxylic acids is 1. The largest absolute Gasteiger partial charge is 0.481 e. The minimum atomic E-state index is -1.22. The van der Waals surface area contributed by atoms with Crippen molar-refractivity contribution in [3.8, 4) is 0 Å². The molecule has 2 saturated heterocycles. The quantitative estimate of drug-likeness (QED) is 0.163. The number of aromatic nitrogens is 2. The molecule has 2 aliphatic heterocycles. The molecule has 2 fully saturated rings. The summed E-state index contributed by atoms with van der Waals surface area (Å²) in [4.78, 5) is 47.0. The highest BCUT2D eigenvalue weighted by Crippen LogP contribution is 2.43. The van der Waals surface area contributed by atoms with Gasteiger partial charge in [0.2, 0.25) is 17.4 Å². The van der Waals surface area contributed by atoms with Crippen LogP contribution in [0.2, 0.25) is 0 Å². The first-order chi connectivity index (χ1) is 13.8. The molecule has 1 aromatic heterocycles. The van der Waals surface area contributed by atoms with Crippen LogP contribution in [0, 0.1) is 5.41 Å². The van der Waals surface area contributed by atoms with Crippen LogP contribution >= 0.6 is 34.9 Å². The zero-order valence-corrected chi connectivity index (χ0v) is 17.5. The number of oxime groups is 1. The van der Waals surface area contributed by atoms with E-state index in [-0.39, 0.29) is 46.1 Å². The molecule has 1 aromatic rings. The van der Waals surface area contributed by atoms with E-state index in [0.717, 1.165) is 11.5 Å². The molecule has 0 saturated carbocycles. The highest BCUT2D eigenvalue weighted by Gasteiger charge is 2.56. The first kappa shape index (κ1) is 21.3. The Hall–Kier alpha value is -2.38. The maximum Gasteiger partial charge on any atom is 0.316 e. The number of amides is 2.